The summed E-state index contributed by atoms with van der Waals surface area (Å²) < 4.78 is 0. The molecule has 2 aromatic rings. The summed E-state index contributed by atoms with van der Waals surface area (Å²) in [5, 5.41) is 19.2. The van der Waals surface area contributed by atoms with Crippen molar-refractivity contribution in [2.45, 2.75) is 44.2 Å². The van der Waals surface area contributed by atoms with E-state index < -0.39 is 0 Å². The predicted octanol–water partition coefficient (Wildman–Crippen LogP) is 3.39. The molecule has 2 aliphatic rings. The van der Waals surface area contributed by atoms with Crippen LogP contribution in [-0.4, -0.2) is 59.1 Å². The molecule has 5 nitrogen and oxygen atoms in total. The van der Waals surface area contributed by atoms with Crippen molar-refractivity contribution >= 4 is 5.91 Å². The Balaban J connectivity index is 1.58. The van der Waals surface area contributed by atoms with Crippen molar-refractivity contribution in [3.05, 3.63) is 59.7 Å². The van der Waals surface area contributed by atoms with Gasteiger partial charge in [-0.2, -0.15) is 5.26 Å². The maximum absolute atomic E-state index is 12.4. The third-order valence-electron chi connectivity index (χ3n) is 6.65. The Kier molecular flexibility index (Phi) is 6.17. The van der Waals surface area contributed by atoms with Gasteiger partial charge in [-0.1, -0.05) is 43.3 Å². The number of hydrogen-bond donors (Lipinski definition) is 1. The lowest BCUT2D eigenvalue weighted by Crippen LogP contribution is -2.67. The molecule has 1 amide bonds. The van der Waals surface area contributed by atoms with Crippen LogP contribution in [0.2, 0.25) is 0 Å². The molecule has 0 aromatic heterocycles. The number of aliphatic hydroxyl groups is 1. The van der Waals surface area contributed by atoms with Gasteiger partial charge < -0.3 is 10.0 Å². The van der Waals surface area contributed by atoms with Crippen LogP contribution in [0.4, 0.5) is 0 Å². The number of rotatable bonds is 4. The van der Waals surface area contributed by atoms with E-state index in [0.29, 0.717) is 12.0 Å². The van der Waals surface area contributed by atoms with E-state index in [2.05, 4.69) is 35.2 Å². The van der Waals surface area contributed by atoms with Crippen LogP contribution < -0.4 is 0 Å². The molecule has 5 heteroatoms. The Morgan fingerprint density at radius 3 is 2.60 bits per heavy atom. The lowest BCUT2D eigenvalue weighted by atomic mass is 9.74. The lowest BCUT2D eigenvalue weighted by molar-refractivity contribution is -0.136. The summed E-state index contributed by atoms with van der Waals surface area (Å²) in [4.78, 5) is 16.8. The van der Waals surface area contributed by atoms with Crippen molar-refractivity contribution in [3.63, 3.8) is 0 Å². The summed E-state index contributed by atoms with van der Waals surface area (Å²) in [5.41, 5.74) is 3.97. The van der Waals surface area contributed by atoms with Crippen LogP contribution in [-0.2, 0) is 4.79 Å². The highest BCUT2D eigenvalue weighted by molar-refractivity contribution is 5.76. The number of aliphatic hydroxyl groups excluding tert-OH is 1. The number of fused-ring (bicyclic) bond motifs is 1. The number of carbonyl (C=O) groups is 1. The molecule has 4 rings (SSSR count). The molecule has 2 aliphatic heterocycles. The number of benzene rings is 2. The topological polar surface area (TPSA) is 67.6 Å². The fourth-order valence-corrected chi connectivity index (χ4v) is 5.06. The normalized spacial score (nSPS) is 24.2. The highest BCUT2D eigenvalue weighted by Gasteiger charge is 2.49. The van der Waals surface area contributed by atoms with Crippen molar-refractivity contribution < 1.29 is 9.90 Å². The lowest BCUT2D eigenvalue weighted by Gasteiger charge is -2.57. The molecule has 2 aromatic carbocycles. The van der Waals surface area contributed by atoms with Crippen molar-refractivity contribution in [3.8, 4) is 17.2 Å². The zero-order chi connectivity index (χ0) is 21.1. The van der Waals surface area contributed by atoms with E-state index in [0.717, 1.165) is 43.6 Å². The van der Waals surface area contributed by atoms with Gasteiger partial charge in [-0.15, -0.1) is 0 Å². The Morgan fingerprint density at radius 1 is 1.13 bits per heavy atom. The second-order valence-electron chi connectivity index (χ2n) is 8.30. The molecule has 30 heavy (non-hydrogen) atoms. The van der Waals surface area contributed by atoms with Crippen molar-refractivity contribution in [1.82, 2.24) is 9.80 Å². The molecule has 2 fully saturated rings. The molecular formula is C25H29N3O2. The monoisotopic (exact) mass is 403 g/mol. The van der Waals surface area contributed by atoms with Gasteiger partial charge in [0.25, 0.3) is 0 Å². The van der Waals surface area contributed by atoms with E-state index in [1.165, 1.54) is 5.56 Å². The van der Waals surface area contributed by atoms with Crippen molar-refractivity contribution in [1.29, 1.82) is 5.26 Å². The SMILES string of the molecule is CCC(=O)N1CCCCN2[C@H](CO)[C@H](c3ccc(-c4cccc(C#N)c4)cc3)[C@@H]2C1. The molecule has 1 N–H and O–H groups in total. The minimum absolute atomic E-state index is 0.111. The summed E-state index contributed by atoms with van der Waals surface area (Å²) >= 11 is 0. The summed E-state index contributed by atoms with van der Waals surface area (Å²) in [7, 11) is 0. The second-order valence-corrected chi connectivity index (χ2v) is 8.30. The van der Waals surface area contributed by atoms with E-state index in [-0.39, 0.29) is 30.5 Å². The van der Waals surface area contributed by atoms with E-state index in [9.17, 15) is 9.90 Å². The maximum atomic E-state index is 12.4. The van der Waals surface area contributed by atoms with Gasteiger partial charge in [0.2, 0.25) is 5.91 Å². The van der Waals surface area contributed by atoms with Gasteiger partial charge in [-0.25, -0.2) is 0 Å². The number of carbonyl (C=O) groups excluding carboxylic acids is 1. The largest absolute Gasteiger partial charge is 0.395 e. The molecule has 0 spiro atoms. The summed E-state index contributed by atoms with van der Waals surface area (Å²) in [6, 6.07) is 18.7. The smallest absolute Gasteiger partial charge is 0.222 e. The van der Waals surface area contributed by atoms with Gasteiger partial charge in [-0.05, 0) is 48.2 Å². The molecule has 0 aliphatic carbocycles. The highest BCUT2D eigenvalue weighted by Crippen LogP contribution is 2.42. The van der Waals surface area contributed by atoms with Gasteiger partial charge in [0, 0.05) is 37.5 Å². The van der Waals surface area contributed by atoms with E-state index in [1.54, 1.807) is 0 Å². The van der Waals surface area contributed by atoms with Crippen LogP contribution in [0.15, 0.2) is 48.5 Å². The maximum Gasteiger partial charge on any atom is 0.222 e. The summed E-state index contributed by atoms with van der Waals surface area (Å²) in [6.45, 7) is 4.61. The number of hydrogen-bond acceptors (Lipinski definition) is 4. The Labute approximate surface area is 178 Å². The second kappa shape index (κ2) is 8.99. The van der Waals surface area contributed by atoms with Gasteiger partial charge in [-0.3, -0.25) is 9.69 Å². The molecular weight excluding hydrogens is 374 g/mol. The van der Waals surface area contributed by atoms with Crippen LogP contribution in [0, 0.1) is 11.3 Å². The van der Waals surface area contributed by atoms with Crippen LogP contribution in [0.1, 0.15) is 43.2 Å². The molecule has 0 radical (unpaired) electrons. The first-order valence-corrected chi connectivity index (χ1v) is 10.9. The van der Waals surface area contributed by atoms with Gasteiger partial charge in [0.1, 0.15) is 0 Å². The van der Waals surface area contributed by atoms with E-state index >= 15 is 0 Å². The predicted molar refractivity (Wildman–Crippen MR) is 117 cm³/mol. The highest BCUT2D eigenvalue weighted by atomic mass is 16.3. The third kappa shape index (κ3) is 3.86. The van der Waals surface area contributed by atoms with E-state index in [4.69, 9.17) is 5.26 Å². The van der Waals surface area contributed by atoms with Gasteiger partial charge >= 0.3 is 0 Å². The molecule has 156 valence electrons. The van der Waals surface area contributed by atoms with Gasteiger partial charge in [0.15, 0.2) is 0 Å². The fourth-order valence-electron chi connectivity index (χ4n) is 5.06. The number of nitriles is 1. The van der Waals surface area contributed by atoms with Crippen LogP contribution >= 0.6 is 0 Å². The Morgan fingerprint density at radius 2 is 1.90 bits per heavy atom. The van der Waals surface area contributed by atoms with E-state index in [1.807, 2.05) is 36.1 Å². The quantitative estimate of drug-likeness (QED) is 0.850. The third-order valence-corrected chi connectivity index (χ3v) is 6.65. The summed E-state index contributed by atoms with van der Waals surface area (Å²) in [6.07, 6.45) is 2.62. The van der Waals surface area contributed by atoms with Crippen molar-refractivity contribution in [2.75, 3.05) is 26.2 Å². The summed E-state index contributed by atoms with van der Waals surface area (Å²) in [5.74, 6) is 0.440. The number of nitrogens with zero attached hydrogens (tertiary/aromatic N) is 3. The first-order chi connectivity index (χ1) is 14.7. The Bertz CT molecular complexity index is 934. The molecule has 0 bridgehead atoms. The van der Waals surface area contributed by atoms with Crippen LogP contribution in [0.5, 0.6) is 0 Å². The molecule has 0 saturated carbocycles. The zero-order valence-corrected chi connectivity index (χ0v) is 17.5. The molecule has 2 heterocycles. The standard InChI is InChI=1S/C25H29N3O2/c1-2-24(30)27-12-3-4-13-28-22(16-27)25(23(28)17-29)20-10-8-19(9-11-20)21-7-5-6-18(14-21)15-26/h5-11,14,22-23,25,29H,2-4,12-13,16-17H2,1H3/t22-,23+,25+/m0/s1. The van der Waals surface area contributed by atoms with Gasteiger partial charge in [0.05, 0.1) is 18.2 Å². The first kappa shape index (κ1) is 20.6. The Hall–Kier alpha value is -2.68. The minimum atomic E-state index is 0.111. The average Bonchev–Trinajstić information content (AvgIpc) is 2.78. The zero-order valence-electron chi connectivity index (χ0n) is 17.5. The van der Waals surface area contributed by atoms with Crippen LogP contribution in [0.3, 0.4) is 0 Å². The van der Waals surface area contributed by atoms with Crippen molar-refractivity contribution in [2.24, 2.45) is 0 Å². The average molecular weight is 404 g/mol. The molecule has 3 atom stereocenters. The first-order valence-electron chi connectivity index (χ1n) is 10.9. The number of amides is 1. The molecule has 2 saturated heterocycles. The minimum Gasteiger partial charge on any atom is -0.395 e. The van der Waals surface area contributed by atoms with Crippen LogP contribution in [0.25, 0.3) is 11.1 Å². The fraction of sp³-hybridized carbons (Fsp3) is 0.440. The molecule has 0 unspecified atom stereocenters.